The maximum absolute atomic E-state index is 13.3. The Balaban J connectivity index is 1.96. The van der Waals surface area contributed by atoms with Crippen molar-refractivity contribution in [2.45, 2.75) is 30.7 Å². The maximum atomic E-state index is 13.3. The molecule has 0 unspecified atom stereocenters. The van der Waals surface area contributed by atoms with Crippen LogP contribution >= 0.6 is 15.9 Å². The van der Waals surface area contributed by atoms with E-state index < -0.39 is 30.3 Å². The van der Waals surface area contributed by atoms with Gasteiger partial charge in [-0.05, 0) is 30.3 Å². The van der Waals surface area contributed by atoms with E-state index in [0.29, 0.717) is 34.4 Å². The Morgan fingerprint density at radius 2 is 1.97 bits per heavy atom. The van der Waals surface area contributed by atoms with Crippen LogP contribution in [0.3, 0.4) is 0 Å². The van der Waals surface area contributed by atoms with Gasteiger partial charge in [0.05, 0.1) is 6.61 Å². The zero-order chi connectivity index (χ0) is 25.5. The molecule has 2 atom stereocenters. The molecule has 2 aromatic rings. The van der Waals surface area contributed by atoms with E-state index in [-0.39, 0.29) is 18.9 Å². The van der Waals surface area contributed by atoms with Crippen molar-refractivity contribution in [3.8, 4) is 5.75 Å². The third-order valence-electron chi connectivity index (χ3n) is 5.16. The lowest BCUT2D eigenvalue weighted by atomic mass is 9.84. The van der Waals surface area contributed by atoms with Crippen molar-refractivity contribution >= 4 is 27.7 Å². The first kappa shape index (κ1) is 26.7. The molecule has 0 fully saturated rings. The van der Waals surface area contributed by atoms with E-state index in [9.17, 15) is 18.0 Å². The molecular formula is C24H25BrF3N3O4. The quantitative estimate of drug-likeness (QED) is 0.219. The summed E-state index contributed by atoms with van der Waals surface area (Å²) in [4.78, 5) is 17.9. The number of hydrazine groups is 1. The first-order valence-electron chi connectivity index (χ1n) is 10.8. The Bertz CT molecular complexity index is 1060. The second-order valence-electron chi connectivity index (χ2n) is 7.73. The van der Waals surface area contributed by atoms with Crippen LogP contribution < -0.4 is 15.6 Å². The van der Waals surface area contributed by atoms with Gasteiger partial charge < -0.3 is 14.6 Å². The molecule has 0 saturated carbocycles. The van der Waals surface area contributed by atoms with Gasteiger partial charge in [-0.15, -0.1) is 6.58 Å². The minimum atomic E-state index is -4.51. The number of carbonyl (C=O) groups is 1. The van der Waals surface area contributed by atoms with Gasteiger partial charge in [-0.2, -0.15) is 13.2 Å². The van der Waals surface area contributed by atoms with Crippen molar-refractivity contribution in [2.75, 3.05) is 19.8 Å². The average Bonchev–Trinajstić information content (AvgIpc) is 3.20. The second kappa shape index (κ2) is 11.7. The number of alkyl halides is 3. The zero-order valence-corrected chi connectivity index (χ0v) is 20.2. The topological polar surface area (TPSA) is 92.2 Å². The summed E-state index contributed by atoms with van der Waals surface area (Å²) >= 11 is 3.47. The summed E-state index contributed by atoms with van der Waals surface area (Å²) in [6, 6.07) is 13.9. The monoisotopic (exact) mass is 555 g/mol. The van der Waals surface area contributed by atoms with Crippen molar-refractivity contribution in [3.05, 3.63) is 76.8 Å². The molecule has 188 valence electrons. The number of hydrogen-bond donors (Lipinski definition) is 3. The van der Waals surface area contributed by atoms with Crippen LogP contribution in [0.2, 0.25) is 0 Å². The van der Waals surface area contributed by atoms with Gasteiger partial charge in [-0.3, -0.25) is 10.2 Å². The SMILES string of the molecule is C=CC[C@]1(C(=O)NNCC(F)(F)F)N=C(c2ccc(OCCCO)cc2)O[C@H]1c1ccccc1Br. The van der Waals surface area contributed by atoms with Gasteiger partial charge in [0.1, 0.15) is 12.3 Å². The van der Waals surface area contributed by atoms with E-state index in [0.717, 1.165) is 0 Å². The number of benzene rings is 2. The molecule has 1 aliphatic heterocycles. The molecule has 7 nitrogen and oxygen atoms in total. The smallest absolute Gasteiger partial charge is 0.402 e. The first-order valence-corrected chi connectivity index (χ1v) is 11.6. The summed E-state index contributed by atoms with van der Waals surface area (Å²) in [5.41, 5.74) is 3.60. The van der Waals surface area contributed by atoms with Crippen LogP contribution in [0.25, 0.3) is 0 Å². The summed E-state index contributed by atoms with van der Waals surface area (Å²) in [6.07, 6.45) is -3.49. The molecule has 1 amide bonds. The predicted octanol–water partition coefficient (Wildman–Crippen LogP) is 4.23. The maximum Gasteiger partial charge on any atom is 0.402 e. The van der Waals surface area contributed by atoms with E-state index >= 15 is 0 Å². The van der Waals surface area contributed by atoms with Crippen molar-refractivity contribution in [3.63, 3.8) is 0 Å². The third-order valence-corrected chi connectivity index (χ3v) is 5.89. The van der Waals surface area contributed by atoms with Gasteiger partial charge >= 0.3 is 6.18 Å². The lowest BCUT2D eigenvalue weighted by Gasteiger charge is -2.30. The highest BCUT2D eigenvalue weighted by atomic mass is 79.9. The molecule has 0 aromatic heterocycles. The molecule has 3 N–H and O–H groups in total. The number of nitrogens with one attached hydrogen (secondary N) is 2. The van der Waals surface area contributed by atoms with Gasteiger partial charge in [-0.1, -0.05) is 40.2 Å². The molecular weight excluding hydrogens is 531 g/mol. The van der Waals surface area contributed by atoms with Crippen molar-refractivity contribution < 1.29 is 32.5 Å². The number of rotatable bonds is 11. The van der Waals surface area contributed by atoms with Gasteiger partial charge in [0.25, 0.3) is 5.91 Å². The largest absolute Gasteiger partial charge is 0.494 e. The molecule has 0 aliphatic carbocycles. The Morgan fingerprint density at radius 1 is 1.26 bits per heavy atom. The molecule has 1 heterocycles. The van der Waals surface area contributed by atoms with Crippen LogP contribution in [-0.2, 0) is 9.53 Å². The Hall–Kier alpha value is -2.89. The van der Waals surface area contributed by atoms with Crippen LogP contribution in [0, 0.1) is 0 Å². The van der Waals surface area contributed by atoms with Crippen molar-refractivity contribution in [1.82, 2.24) is 10.9 Å². The van der Waals surface area contributed by atoms with Crippen LogP contribution in [0.15, 0.2) is 70.7 Å². The Kier molecular flexibility index (Phi) is 8.92. The van der Waals surface area contributed by atoms with E-state index in [2.05, 4.69) is 32.9 Å². The fourth-order valence-electron chi connectivity index (χ4n) is 3.53. The Labute approximate surface area is 209 Å². The molecule has 2 aromatic carbocycles. The molecule has 0 radical (unpaired) electrons. The number of aliphatic hydroxyl groups excluding tert-OH is 1. The average molecular weight is 556 g/mol. The summed E-state index contributed by atoms with van der Waals surface area (Å²) < 4.78 is 50.2. The van der Waals surface area contributed by atoms with Crippen LogP contribution in [-0.4, -0.2) is 48.4 Å². The van der Waals surface area contributed by atoms with Gasteiger partial charge in [0.2, 0.25) is 5.90 Å². The van der Waals surface area contributed by atoms with Gasteiger partial charge in [0, 0.05) is 35.0 Å². The number of aliphatic imine (C=N–C) groups is 1. The van der Waals surface area contributed by atoms with Crippen LogP contribution in [0.4, 0.5) is 13.2 Å². The zero-order valence-electron chi connectivity index (χ0n) is 18.6. The highest BCUT2D eigenvalue weighted by molar-refractivity contribution is 9.10. The number of carbonyl (C=O) groups excluding carboxylic acids is 1. The number of amides is 1. The van der Waals surface area contributed by atoms with Crippen molar-refractivity contribution in [1.29, 1.82) is 0 Å². The van der Waals surface area contributed by atoms with Crippen molar-refractivity contribution in [2.24, 2.45) is 4.99 Å². The lowest BCUT2D eigenvalue weighted by Crippen LogP contribution is -2.54. The minimum absolute atomic E-state index is 0.00435. The number of hydrogen-bond acceptors (Lipinski definition) is 6. The summed E-state index contributed by atoms with van der Waals surface area (Å²) in [6.45, 7) is 2.68. The summed E-state index contributed by atoms with van der Waals surface area (Å²) in [7, 11) is 0. The number of nitrogens with zero attached hydrogens (tertiary/aromatic N) is 1. The van der Waals surface area contributed by atoms with Gasteiger partial charge in [-0.25, -0.2) is 10.4 Å². The highest BCUT2D eigenvalue weighted by Gasteiger charge is 2.53. The van der Waals surface area contributed by atoms with Gasteiger partial charge in [0.15, 0.2) is 11.6 Å². The molecule has 0 bridgehead atoms. The molecule has 1 aliphatic rings. The molecule has 0 saturated heterocycles. The lowest BCUT2D eigenvalue weighted by molar-refractivity contribution is -0.136. The fourth-order valence-corrected chi connectivity index (χ4v) is 4.03. The van der Waals surface area contributed by atoms with Crippen LogP contribution in [0.5, 0.6) is 5.75 Å². The standard InChI is InChI=1S/C24H25BrF3N3O4/c1-2-12-23(22(33)31-29-15-24(26,27)28)20(18-6-3-4-7-19(18)25)35-21(30-23)16-8-10-17(11-9-16)34-14-5-13-32/h2-4,6-11,20,29,32H,1,5,12-15H2,(H,31,33)/t20-,23-/m0/s1. The molecule has 11 heteroatoms. The minimum Gasteiger partial charge on any atom is -0.494 e. The van der Waals surface area contributed by atoms with E-state index in [4.69, 9.17) is 14.6 Å². The number of ether oxygens (including phenoxy) is 2. The van der Waals surface area contributed by atoms with E-state index in [1.54, 1.807) is 48.5 Å². The second-order valence-corrected chi connectivity index (χ2v) is 8.58. The van der Waals surface area contributed by atoms with Crippen LogP contribution in [0.1, 0.15) is 30.1 Å². The third kappa shape index (κ3) is 6.62. The molecule has 0 spiro atoms. The molecule has 35 heavy (non-hydrogen) atoms. The van der Waals surface area contributed by atoms with E-state index in [1.807, 2.05) is 5.43 Å². The Morgan fingerprint density at radius 3 is 2.60 bits per heavy atom. The summed E-state index contributed by atoms with van der Waals surface area (Å²) in [5.74, 6) is -0.0589. The predicted molar refractivity (Wildman–Crippen MR) is 128 cm³/mol. The molecule has 3 rings (SSSR count). The first-order chi connectivity index (χ1) is 16.7. The number of halogens is 4. The fraction of sp³-hybridized carbons (Fsp3) is 0.333. The highest BCUT2D eigenvalue weighted by Crippen LogP contribution is 2.44. The normalized spacial score (nSPS) is 19.6. The van der Waals surface area contributed by atoms with E-state index in [1.165, 1.54) is 6.08 Å². The summed E-state index contributed by atoms with van der Waals surface area (Å²) in [5, 5.41) is 8.89. The number of aliphatic hydroxyl groups is 1.